The van der Waals surface area contributed by atoms with Gasteiger partial charge in [-0.15, -0.1) is 6.58 Å². The zero-order valence-electron chi connectivity index (χ0n) is 9.26. The summed E-state index contributed by atoms with van der Waals surface area (Å²) >= 11 is 0. The normalized spacial score (nSPS) is 10.9. The van der Waals surface area contributed by atoms with Gasteiger partial charge in [0.2, 0.25) is 0 Å². The summed E-state index contributed by atoms with van der Waals surface area (Å²) in [5.41, 5.74) is 0.0619. The Labute approximate surface area is 105 Å². The van der Waals surface area contributed by atoms with Crippen LogP contribution in [-0.4, -0.2) is 32.8 Å². The molecule has 0 fully saturated rings. The van der Waals surface area contributed by atoms with Crippen LogP contribution < -0.4 is 0 Å². The third-order valence-corrected chi connectivity index (χ3v) is 3.51. The largest absolute Gasteiger partial charge is 0.338 e. The molecule has 0 spiro atoms. The molecule has 0 aliphatic rings. The summed E-state index contributed by atoms with van der Waals surface area (Å²) in [5.74, 6) is -0.412. The lowest BCUT2D eigenvalue weighted by Crippen LogP contribution is -2.27. The molecular formula is C11H12ClNO3S. The Morgan fingerprint density at radius 3 is 2.59 bits per heavy atom. The van der Waals surface area contributed by atoms with E-state index >= 15 is 0 Å². The summed E-state index contributed by atoms with van der Waals surface area (Å²) in [5, 5.41) is 0. The zero-order valence-corrected chi connectivity index (χ0v) is 10.8. The number of likely N-dealkylation sites (N-methyl/N-ethyl adjacent to an activating group) is 1. The number of hydrogen-bond acceptors (Lipinski definition) is 3. The molecule has 0 bridgehead atoms. The minimum Gasteiger partial charge on any atom is -0.338 e. The smallest absolute Gasteiger partial charge is 0.262 e. The molecule has 0 atom stereocenters. The molecule has 1 aromatic carbocycles. The molecule has 0 unspecified atom stereocenters. The fourth-order valence-corrected chi connectivity index (χ4v) is 2.40. The molecule has 0 aliphatic carbocycles. The van der Waals surface area contributed by atoms with Gasteiger partial charge in [-0.25, -0.2) is 8.42 Å². The number of amides is 1. The van der Waals surface area contributed by atoms with Crippen molar-refractivity contribution in [3.63, 3.8) is 0 Å². The third-order valence-electron chi connectivity index (χ3n) is 2.13. The number of hydrogen-bond donors (Lipinski definition) is 0. The van der Waals surface area contributed by atoms with Crippen LogP contribution in [0.4, 0.5) is 0 Å². The van der Waals surface area contributed by atoms with Gasteiger partial charge in [-0.3, -0.25) is 4.79 Å². The van der Waals surface area contributed by atoms with Gasteiger partial charge in [0.15, 0.2) is 0 Å². The quantitative estimate of drug-likeness (QED) is 0.622. The highest BCUT2D eigenvalue weighted by atomic mass is 35.7. The monoisotopic (exact) mass is 273 g/mol. The third kappa shape index (κ3) is 3.31. The fourth-order valence-electron chi connectivity index (χ4n) is 1.34. The Morgan fingerprint density at radius 1 is 1.47 bits per heavy atom. The Hall–Kier alpha value is -1.33. The number of carbonyl (C=O) groups is 1. The first-order valence-electron chi connectivity index (χ1n) is 4.78. The van der Waals surface area contributed by atoms with Crippen molar-refractivity contribution in [1.29, 1.82) is 0 Å². The molecule has 6 heteroatoms. The first kappa shape index (κ1) is 13.7. The van der Waals surface area contributed by atoms with Crippen LogP contribution in [0.15, 0.2) is 41.8 Å². The number of nitrogens with zero attached hydrogens (tertiary/aromatic N) is 1. The van der Waals surface area contributed by atoms with Crippen molar-refractivity contribution in [2.45, 2.75) is 4.90 Å². The van der Waals surface area contributed by atoms with Gasteiger partial charge in [-0.1, -0.05) is 18.2 Å². The number of benzene rings is 1. The summed E-state index contributed by atoms with van der Waals surface area (Å²) in [6.07, 6.45) is 1.55. The predicted octanol–water partition coefficient (Wildman–Crippen LogP) is 1.87. The molecule has 1 rings (SSSR count). The molecule has 0 radical (unpaired) electrons. The second kappa shape index (κ2) is 5.33. The van der Waals surface area contributed by atoms with Crippen LogP contribution in [0.25, 0.3) is 0 Å². The van der Waals surface area contributed by atoms with E-state index in [4.69, 9.17) is 10.7 Å². The Bertz CT molecular complexity index is 539. The lowest BCUT2D eigenvalue weighted by atomic mass is 10.2. The molecule has 0 N–H and O–H groups in total. The molecule has 92 valence electrons. The topological polar surface area (TPSA) is 54.5 Å². The second-order valence-corrected chi connectivity index (χ2v) is 5.94. The minimum absolute atomic E-state index is 0.0619. The highest BCUT2D eigenvalue weighted by molar-refractivity contribution is 8.13. The average molecular weight is 274 g/mol. The molecule has 4 nitrogen and oxygen atoms in total. The Balaban J connectivity index is 3.23. The van der Waals surface area contributed by atoms with Crippen LogP contribution in [0, 0.1) is 0 Å². The summed E-state index contributed by atoms with van der Waals surface area (Å²) in [6, 6.07) is 5.83. The first-order chi connectivity index (χ1) is 7.88. The fraction of sp³-hybridized carbons (Fsp3) is 0.182. The standard InChI is InChI=1S/C11H12ClNO3S/c1-3-8-13(2)11(14)9-6-4-5-7-10(9)17(12,15)16/h3-7H,1,8H2,2H3. The predicted molar refractivity (Wildman–Crippen MR) is 66.6 cm³/mol. The number of rotatable bonds is 4. The van der Waals surface area contributed by atoms with E-state index in [0.717, 1.165) is 0 Å². The summed E-state index contributed by atoms with van der Waals surface area (Å²) in [7, 11) is 2.90. The summed E-state index contributed by atoms with van der Waals surface area (Å²) < 4.78 is 22.6. The van der Waals surface area contributed by atoms with Gasteiger partial charge in [0, 0.05) is 24.3 Å². The Kier molecular flexibility index (Phi) is 4.31. The van der Waals surface area contributed by atoms with Crippen molar-refractivity contribution in [3.05, 3.63) is 42.5 Å². The van der Waals surface area contributed by atoms with Gasteiger partial charge < -0.3 is 4.90 Å². The van der Waals surface area contributed by atoms with E-state index in [9.17, 15) is 13.2 Å². The lowest BCUT2D eigenvalue weighted by Gasteiger charge is -2.16. The highest BCUT2D eigenvalue weighted by Gasteiger charge is 2.21. The van der Waals surface area contributed by atoms with Crippen molar-refractivity contribution in [2.75, 3.05) is 13.6 Å². The molecule has 0 aliphatic heterocycles. The van der Waals surface area contributed by atoms with Gasteiger partial charge in [0.05, 0.1) is 10.5 Å². The van der Waals surface area contributed by atoms with E-state index < -0.39 is 15.0 Å². The van der Waals surface area contributed by atoms with Gasteiger partial charge in [0.25, 0.3) is 15.0 Å². The first-order valence-corrected chi connectivity index (χ1v) is 7.09. The van der Waals surface area contributed by atoms with Crippen molar-refractivity contribution in [3.8, 4) is 0 Å². The molecule has 1 aromatic rings. The van der Waals surface area contributed by atoms with Gasteiger partial charge in [-0.2, -0.15) is 0 Å². The van der Waals surface area contributed by atoms with Gasteiger partial charge >= 0.3 is 0 Å². The van der Waals surface area contributed by atoms with E-state index in [1.807, 2.05) is 0 Å². The van der Waals surface area contributed by atoms with Crippen LogP contribution >= 0.6 is 10.7 Å². The molecule has 0 aromatic heterocycles. The molecule has 17 heavy (non-hydrogen) atoms. The molecular weight excluding hydrogens is 262 g/mol. The van der Waals surface area contributed by atoms with E-state index in [1.54, 1.807) is 19.2 Å². The Morgan fingerprint density at radius 2 is 2.06 bits per heavy atom. The molecule has 1 amide bonds. The van der Waals surface area contributed by atoms with E-state index in [1.165, 1.54) is 23.1 Å². The van der Waals surface area contributed by atoms with Gasteiger partial charge in [0.1, 0.15) is 0 Å². The molecule has 0 saturated heterocycles. The van der Waals surface area contributed by atoms with Crippen LogP contribution in [-0.2, 0) is 9.05 Å². The minimum atomic E-state index is -3.93. The zero-order chi connectivity index (χ0) is 13.1. The van der Waals surface area contributed by atoms with E-state index in [2.05, 4.69) is 6.58 Å². The summed E-state index contributed by atoms with van der Waals surface area (Å²) in [4.78, 5) is 13.1. The number of halogens is 1. The van der Waals surface area contributed by atoms with Crippen molar-refractivity contribution in [2.24, 2.45) is 0 Å². The average Bonchev–Trinajstić information content (AvgIpc) is 2.27. The van der Waals surface area contributed by atoms with E-state index in [-0.39, 0.29) is 10.5 Å². The second-order valence-electron chi connectivity index (χ2n) is 3.41. The van der Waals surface area contributed by atoms with Crippen molar-refractivity contribution < 1.29 is 13.2 Å². The maximum atomic E-state index is 12.0. The van der Waals surface area contributed by atoms with Crippen molar-refractivity contribution in [1.82, 2.24) is 4.90 Å². The maximum absolute atomic E-state index is 12.0. The van der Waals surface area contributed by atoms with E-state index in [0.29, 0.717) is 6.54 Å². The number of carbonyl (C=O) groups excluding carboxylic acids is 1. The lowest BCUT2D eigenvalue weighted by molar-refractivity contribution is 0.0806. The maximum Gasteiger partial charge on any atom is 0.262 e. The summed E-state index contributed by atoms with van der Waals surface area (Å²) in [6.45, 7) is 3.84. The van der Waals surface area contributed by atoms with Crippen molar-refractivity contribution >= 4 is 25.6 Å². The molecule has 0 saturated carbocycles. The van der Waals surface area contributed by atoms with Crippen LogP contribution in [0.2, 0.25) is 0 Å². The molecule has 0 heterocycles. The van der Waals surface area contributed by atoms with Crippen LogP contribution in [0.5, 0.6) is 0 Å². The van der Waals surface area contributed by atoms with Gasteiger partial charge in [-0.05, 0) is 12.1 Å². The highest BCUT2D eigenvalue weighted by Crippen LogP contribution is 2.20. The van der Waals surface area contributed by atoms with Crippen LogP contribution in [0.3, 0.4) is 0 Å². The van der Waals surface area contributed by atoms with Crippen LogP contribution in [0.1, 0.15) is 10.4 Å². The SMILES string of the molecule is C=CCN(C)C(=O)c1ccccc1S(=O)(=O)Cl.